The van der Waals surface area contributed by atoms with Crippen molar-refractivity contribution in [1.82, 2.24) is 0 Å². The monoisotopic (exact) mass is 1170 g/mol. The maximum absolute atomic E-state index is 13.0. The van der Waals surface area contributed by atoms with Crippen LogP contribution in [0.15, 0.2) is 12.2 Å². The molecule has 0 aliphatic carbocycles. The van der Waals surface area contributed by atoms with E-state index in [0.29, 0.717) is 19.3 Å². The summed E-state index contributed by atoms with van der Waals surface area (Å²) in [5.74, 6) is -0.821. The van der Waals surface area contributed by atoms with Gasteiger partial charge in [0.2, 0.25) is 0 Å². The Balaban J connectivity index is 4.19. The van der Waals surface area contributed by atoms with E-state index in [1.165, 1.54) is 347 Å². The van der Waals surface area contributed by atoms with Crippen LogP contribution in [0.4, 0.5) is 0 Å². The topological polar surface area (TPSA) is 78.9 Å². The summed E-state index contributed by atoms with van der Waals surface area (Å²) in [6.07, 6.45) is 88.3. The van der Waals surface area contributed by atoms with Crippen molar-refractivity contribution in [2.24, 2.45) is 0 Å². The average Bonchev–Trinajstić information content (AvgIpc) is 3.50. The number of rotatable bonds is 72. The molecule has 0 fully saturated rings. The van der Waals surface area contributed by atoms with Gasteiger partial charge < -0.3 is 14.2 Å². The van der Waals surface area contributed by atoms with Gasteiger partial charge in [-0.15, -0.1) is 0 Å². The van der Waals surface area contributed by atoms with E-state index in [4.69, 9.17) is 14.2 Å². The highest BCUT2D eigenvalue weighted by Gasteiger charge is 2.20. The van der Waals surface area contributed by atoms with Crippen LogP contribution in [0.25, 0.3) is 0 Å². The van der Waals surface area contributed by atoms with Crippen molar-refractivity contribution in [3.05, 3.63) is 12.2 Å². The summed E-state index contributed by atoms with van der Waals surface area (Å²) in [5.41, 5.74) is 0. The van der Waals surface area contributed by atoms with Crippen molar-refractivity contribution < 1.29 is 28.6 Å². The molecule has 0 aliphatic rings. The molecule has 83 heavy (non-hydrogen) atoms. The smallest absolute Gasteiger partial charge is 0.306 e. The summed E-state index contributed by atoms with van der Waals surface area (Å²) in [6, 6.07) is 0. The molecular formula is C77H148O6. The SMILES string of the molecule is CCCCCCCCCC/C=C\CCCCCCCCCCCCCCCCCC(=O)OCC(COC(=O)CCCCCCCCCCCCCCCC)OC(=O)CCCCCCCCCCCCCCCCCCCCCCCCCC. The molecule has 492 valence electrons. The lowest BCUT2D eigenvalue weighted by Gasteiger charge is -2.18. The fraction of sp³-hybridized carbons (Fsp3) is 0.935. The minimum absolute atomic E-state index is 0.0619. The van der Waals surface area contributed by atoms with Gasteiger partial charge >= 0.3 is 17.9 Å². The second-order valence-corrected chi connectivity index (χ2v) is 26.3. The number of unbranched alkanes of at least 4 members (excludes halogenated alkanes) is 59. The Hall–Kier alpha value is -1.85. The third-order valence-electron chi connectivity index (χ3n) is 17.8. The third-order valence-corrected chi connectivity index (χ3v) is 17.8. The number of allylic oxidation sites excluding steroid dienone is 2. The minimum atomic E-state index is -0.766. The van der Waals surface area contributed by atoms with E-state index in [9.17, 15) is 14.4 Å². The van der Waals surface area contributed by atoms with Gasteiger partial charge in [0, 0.05) is 19.3 Å². The van der Waals surface area contributed by atoms with E-state index >= 15 is 0 Å². The van der Waals surface area contributed by atoms with Gasteiger partial charge in [-0.05, 0) is 44.9 Å². The predicted molar refractivity (Wildman–Crippen MR) is 363 cm³/mol. The molecule has 1 unspecified atom stereocenters. The number of hydrogen-bond acceptors (Lipinski definition) is 6. The van der Waals surface area contributed by atoms with Gasteiger partial charge in [-0.2, -0.15) is 0 Å². The number of hydrogen-bond donors (Lipinski definition) is 0. The van der Waals surface area contributed by atoms with Crippen LogP contribution < -0.4 is 0 Å². The Morgan fingerprint density at radius 2 is 0.398 bits per heavy atom. The highest BCUT2D eigenvalue weighted by atomic mass is 16.6. The minimum Gasteiger partial charge on any atom is -0.462 e. The molecule has 0 aliphatic heterocycles. The van der Waals surface area contributed by atoms with Crippen molar-refractivity contribution in [2.45, 2.75) is 451 Å². The van der Waals surface area contributed by atoms with Crippen LogP contribution in [-0.4, -0.2) is 37.2 Å². The summed E-state index contributed by atoms with van der Waals surface area (Å²) >= 11 is 0. The van der Waals surface area contributed by atoms with Crippen molar-refractivity contribution in [2.75, 3.05) is 13.2 Å². The lowest BCUT2D eigenvalue weighted by Crippen LogP contribution is -2.30. The molecule has 0 N–H and O–H groups in total. The number of carbonyl (C=O) groups excluding carboxylic acids is 3. The highest BCUT2D eigenvalue weighted by molar-refractivity contribution is 5.71. The van der Waals surface area contributed by atoms with Crippen molar-refractivity contribution >= 4 is 17.9 Å². The Kier molecular flexibility index (Phi) is 71.0. The summed E-state index contributed by atoms with van der Waals surface area (Å²) in [7, 11) is 0. The largest absolute Gasteiger partial charge is 0.462 e. The summed E-state index contributed by atoms with van der Waals surface area (Å²) in [6.45, 7) is 6.74. The van der Waals surface area contributed by atoms with Crippen LogP contribution in [0.5, 0.6) is 0 Å². The van der Waals surface area contributed by atoms with E-state index in [-0.39, 0.29) is 31.1 Å². The van der Waals surface area contributed by atoms with Gasteiger partial charge in [-0.25, -0.2) is 0 Å². The molecule has 0 saturated heterocycles. The fourth-order valence-corrected chi connectivity index (χ4v) is 12.0. The number of ether oxygens (including phenoxy) is 3. The zero-order valence-electron chi connectivity index (χ0n) is 56.8. The van der Waals surface area contributed by atoms with Crippen LogP contribution in [0, 0.1) is 0 Å². The summed E-state index contributed by atoms with van der Waals surface area (Å²) in [4.78, 5) is 38.5. The van der Waals surface area contributed by atoms with Crippen LogP contribution in [0.3, 0.4) is 0 Å². The van der Waals surface area contributed by atoms with Crippen molar-refractivity contribution in [1.29, 1.82) is 0 Å². The molecule has 0 aromatic carbocycles. The summed E-state index contributed by atoms with van der Waals surface area (Å²) < 4.78 is 17.0. The molecule has 6 heteroatoms. The van der Waals surface area contributed by atoms with Gasteiger partial charge in [-0.1, -0.05) is 392 Å². The lowest BCUT2D eigenvalue weighted by molar-refractivity contribution is -0.167. The zero-order chi connectivity index (χ0) is 59.9. The van der Waals surface area contributed by atoms with E-state index in [0.717, 1.165) is 57.8 Å². The first-order chi connectivity index (χ1) is 41.0. The van der Waals surface area contributed by atoms with E-state index < -0.39 is 6.10 Å². The second kappa shape index (κ2) is 72.6. The zero-order valence-corrected chi connectivity index (χ0v) is 56.8. The van der Waals surface area contributed by atoms with Gasteiger partial charge in [0.05, 0.1) is 0 Å². The standard InChI is InChI=1S/C77H148O6/c1-4-7-10-13-16-19-22-25-28-30-32-34-36-38-39-40-42-43-45-47-49-52-55-58-61-64-67-70-76(79)82-73-74(72-81-75(78)69-66-63-60-57-54-51-27-24-21-18-15-12-9-6-3)83-77(80)71-68-65-62-59-56-53-50-48-46-44-41-37-35-33-31-29-26-23-20-17-14-11-8-5-2/h30,32,74H,4-29,31,33-73H2,1-3H3/b32-30-. The molecule has 0 bridgehead atoms. The Labute approximate surface area is 520 Å². The van der Waals surface area contributed by atoms with Crippen molar-refractivity contribution in [3.8, 4) is 0 Å². The van der Waals surface area contributed by atoms with Crippen molar-refractivity contribution in [3.63, 3.8) is 0 Å². The van der Waals surface area contributed by atoms with Crippen LogP contribution in [-0.2, 0) is 28.6 Å². The Morgan fingerprint density at radius 3 is 0.602 bits per heavy atom. The highest BCUT2D eigenvalue weighted by Crippen LogP contribution is 2.20. The van der Waals surface area contributed by atoms with E-state index in [1.54, 1.807) is 0 Å². The normalized spacial score (nSPS) is 12.0. The molecule has 0 amide bonds. The third kappa shape index (κ3) is 70.8. The molecule has 0 aromatic rings. The first-order valence-corrected chi connectivity index (χ1v) is 38.2. The van der Waals surface area contributed by atoms with Gasteiger partial charge in [0.15, 0.2) is 6.10 Å². The van der Waals surface area contributed by atoms with Crippen LogP contribution >= 0.6 is 0 Å². The Morgan fingerprint density at radius 1 is 0.229 bits per heavy atom. The maximum Gasteiger partial charge on any atom is 0.306 e. The molecule has 0 aromatic heterocycles. The van der Waals surface area contributed by atoms with Gasteiger partial charge in [0.25, 0.3) is 0 Å². The lowest BCUT2D eigenvalue weighted by atomic mass is 10.0. The maximum atomic E-state index is 13.0. The molecule has 0 radical (unpaired) electrons. The number of esters is 3. The van der Waals surface area contributed by atoms with Crippen LogP contribution in [0.1, 0.15) is 445 Å². The molecule has 0 spiro atoms. The molecule has 1 atom stereocenters. The van der Waals surface area contributed by atoms with Crippen LogP contribution in [0.2, 0.25) is 0 Å². The van der Waals surface area contributed by atoms with E-state index in [2.05, 4.69) is 32.9 Å². The molecular weight excluding hydrogens is 1020 g/mol. The average molecular weight is 1170 g/mol. The van der Waals surface area contributed by atoms with E-state index in [1.807, 2.05) is 0 Å². The molecule has 0 saturated carbocycles. The molecule has 0 heterocycles. The fourth-order valence-electron chi connectivity index (χ4n) is 12.0. The summed E-state index contributed by atoms with van der Waals surface area (Å²) in [5, 5.41) is 0. The second-order valence-electron chi connectivity index (χ2n) is 26.3. The predicted octanol–water partition coefficient (Wildman–Crippen LogP) is 26.3. The quantitative estimate of drug-likeness (QED) is 0.0261. The number of carbonyl (C=O) groups is 3. The first-order valence-electron chi connectivity index (χ1n) is 38.2. The molecule has 6 nitrogen and oxygen atoms in total. The van der Waals surface area contributed by atoms with Gasteiger partial charge in [-0.3, -0.25) is 14.4 Å². The Bertz CT molecular complexity index is 1300. The van der Waals surface area contributed by atoms with Gasteiger partial charge in [0.1, 0.15) is 13.2 Å². The molecule has 0 rings (SSSR count). The first kappa shape index (κ1) is 81.2.